The molecule has 0 aliphatic heterocycles. The van der Waals surface area contributed by atoms with Crippen LogP contribution < -0.4 is 5.32 Å². The van der Waals surface area contributed by atoms with Gasteiger partial charge in [0, 0.05) is 17.7 Å². The number of hydrogen-bond donors (Lipinski definition) is 1. The summed E-state index contributed by atoms with van der Waals surface area (Å²) < 4.78 is 5.76. The standard InChI is InChI=1S/C23H20N2O2/c1-2-16-7-11-18(12-8-16)23(26)24-19-13-9-17(10-14-19)15-22-25-20-5-3-4-6-21(20)27-22/h3-14H,2,15H2,1H3,(H,24,26). The SMILES string of the molecule is CCc1ccc(C(=O)Nc2ccc(Cc3nc4ccccc4o3)cc2)cc1. The van der Waals surface area contributed by atoms with Crippen molar-refractivity contribution < 1.29 is 9.21 Å². The van der Waals surface area contributed by atoms with Gasteiger partial charge >= 0.3 is 0 Å². The summed E-state index contributed by atoms with van der Waals surface area (Å²) in [6.45, 7) is 2.09. The fraction of sp³-hybridized carbons (Fsp3) is 0.130. The van der Waals surface area contributed by atoms with Crippen LogP contribution in [0.15, 0.2) is 77.2 Å². The van der Waals surface area contributed by atoms with Crippen LogP contribution in [0.1, 0.15) is 34.3 Å². The Morgan fingerprint density at radius 3 is 2.33 bits per heavy atom. The van der Waals surface area contributed by atoms with Crippen LogP contribution in [0.3, 0.4) is 0 Å². The van der Waals surface area contributed by atoms with E-state index in [1.54, 1.807) is 0 Å². The number of rotatable bonds is 5. The van der Waals surface area contributed by atoms with Gasteiger partial charge < -0.3 is 9.73 Å². The summed E-state index contributed by atoms with van der Waals surface area (Å²) >= 11 is 0. The van der Waals surface area contributed by atoms with E-state index in [4.69, 9.17) is 4.42 Å². The third kappa shape index (κ3) is 3.90. The molecule has 1 N–H and O–H groups in total. The van der Waals surface area contributed by atoms with Gasteiger partial charge in [-0.05, 0) is 53.9 Å². The number of nitrogens with one attached hydrogen (secondary N) is 1. The van der Waals surface area contributed by atoms with Crippen LogP contribution in [0.4, 0.5) is 5.69 Å². The van der Waals surface area contributed by atoms with E-state index in [2.05, 4.69) is 17.2 Å². The van der Waals surface area contributed by atoms with Crippen molar-refractivity contribution in [2.24, 2.45) is 0 Å². The molecule has 0 fully saturated rings. The Morgan fingerprint density at radius 2 is 1.63 bits per heavy atom. The molecule has 0 atom stereocenters. The van der Waals surface area contributed by atoms with E-state index < -0.39 is 0 Å². The number of amides is 1. The molecule has 27 heavy (non-hydrogen) atoms. The number of anilines is 1. The molecule has 1 amide bonds. The van der Waals surface area contributed by atoms with E-state index in [0.717, 1.165) is 28.8 Å². The van der Waals surface area contributed by atoms with Crippen LogP contribution in [0.25, 0.3) is 11.1 Å². The summed E-state index contributed by atoms with van der Waals surface area (Å²) in [5, 5.41) is 2.93. The zero-order chi connectivity index (χ0) is 18.6. The predicted octanol–water partition coefficient (Wildman–Crippen LogP) is 5.23. The predicted molar refractivity (Wildman–Crippen MR) is 107 cm³/mol. The summed E-state index contributed by atoms with van der Waals surface area (Å²) in [5.41, 5.74) is 5.38. The fourth-order valence-corrected chi connectivity index (χ4v) is 2.97. The van der Waals surface area contributed by atoms with Gasteiger partial charge in [-0.1, -0.05) is 43.3 Å². The minimum Gasteiger partial charge on any atom is -0.440 e. The number of benzene rings is 3. The zero-order valence-electron chi connectivity index (χ0n) is 15.1. The lowest BCUT2D eigenvalue weighted by Gasteiger charge is -2.07. The van der Waals surface area contributed by atoms with Gasteiger partial charge in [0.05, 0.1) is 0 Å². The highest BCUT2D eigenvalue weighted by atomic mass is 16.3. The maximum absolute atomic E-state index is 12.4. The Hall–Kier alpha value is -3.40. The lowest BCUT2D eigenvalue weighted by atomic mass is 10.1. The summed E-state index contributed by atoms with van der Waals surface area (Å²) in [5.74, 6) is 0.577. The summed E-state index contributed by atoms with van der Waals surface area (Å²) in [7, 11) is 0. The smallest absolute Gasteiger partial charge is 0.255 e. The largest absolute Gasteiger partial charge is 0.440 e. The molecule has 0 radical (unpaired) electrons. The highest BCUT2D eigenvalue weighted by Gasteiger charge is 2.08. The quantitative estimate of drug-likeness (QED) is 0.532. The van der Waals surface area contributed by atoms with E-state index in [1.165, 1.54) is 5.56 Å². The van der Waals surface area contributed by atoms with Crippen molar-refractivity contribution in [1.29, 1.82) is 0 Å². The van der Waals surface area contributed by atoms with Gasteiger partial charge in [0.15, 0.2) is 11.5 Å². The molecule has 1 aromatic heterocycles. The van der Waals surface area contributed by atoms with E-state index in [9.17, 15) is 4.79 Å². The molecule has 0 aliphatic carbocycles. The zero-order valence-corrected chi connectivity index (χ0v) is 15.1. The van der Waals surface area contributed by atoms with Crippen molar-refractivity contribution in [2.45, 2.75) is 19.8 Å². The number of fused-ring (bicyclic) bond motifs is 1. The van der Waals surface area contributed by atoms with Gasteiger partial charge in [0.25, 0.3) is 5.91 Å². The van der Waals surface area contributed by atoms with Crippen molar-refractivity contribution in [1.82, 2.24) is 4.98 Å². The fourth-order valence-electron chi connectivity index (χ4n) is 2.97. The average Bonchev–Trinajstić information content (AvgIpc) is 3.12. The molecule has 0 saturated heterocycles. The van der Waals surface area contributed by atoms with E-state index in [-0.39, 0.29) is 5.91 Å². The monoisotopic (exact) mass is 356 g/mol. The summed E-state index contributed by atoms with van der Waals surface area (Å²) in [6.07, 6.45) is 1.57. The molecule has 0 aliphatic rings. The highest BCUT2D eigenvalue weighted by Crippen LogP contribution is 2.19. The third-order valence-electron chi connectivity index (χ3n) is 4.53. The Kier molecular flexibility index (Phi) is 4.71. The molecule has 0 spiro atoms. The van der Waals surface area contributed by atoms with Crippen LogP contribution in [0, 0.1) is 0 Å². The molecular weight excluding hydrogens is 336 g/mol. The Morgan fingerprint density at radius 1 is 0.926 bits per heavy atom. The molecule has 4 aromatic rings. The molecule has 4 heteroatoms. The van der Waals surface area contributed by atoms with Crippen LogP contribution in [0.2, 0.25) is 0 Å². The number of nitrogens with zero attached hydrogens (tertiary/aromatic N) is 1. The first-order valence-corrected chi connectivity index (χ1v) is 9.05. The second kappa shape index (κ2) is 7.46. The van der Waals surface area contributed by atoms with E-state index >= 15 is 0 Å². The topological polar surface area (TPSA) is 55.1 Å². The van der Waals surface area contributed by atoms with Gasteiger partial charge in [0.2, 0.25) is 0 Å². The first-order valence-electron chi connectivity index (χ1n) is 9.05. The van der Waals surface area contributed by atoms with Crippen LogP contribution in [-0.4, -0.2) is 10.9 Å². The third-order valence-corrected chi connectivity index (χ3v) is 4.53. The lowest BCUT2D eigenvalue weighted by Crippen LogP contribution is -2.11. The number of hydrogen-bond acceptors (Lipinski definition) is 3. The van der Waals surface area contributed by atoms with Gasteiger partial charge in [-0.2, -0.15) is 0 Å². The Bertz CT molecular complexity index is 1030. The van der Waals surface area contributed by atoms with Gasteiger partial charge in [-0.15, -0.1) is 0 Å². The number of aromatic nitrogens is 1. The molecule has 0 saturated carbocycles. The summed E-state index contributed by atoms with van der Waals surface area (Å²) in [4.78, 5) is 16.8. The average molecular weight is 356 g/mol. The van der Waals surface area contributed by atoms with Gasteiger partial charge in [-0.25, -0.2) is 4.98 Å². The van der Waals surface area contributed by atoms with Crippen LogP contribution >= 0.6 is 0 Å². The highest BCUT2D eigenvalue weighted by molar-refractivity contribution is 6.04. The summed E-state index contributed by atoms with van der Waals surface area (Å²) in [6, 6.07) is 23.2. The van der Waals surface area contributed by atoms with E-state index in [0.29, 0.717) is 17.9 Å². The molecule has 134 valence electrons. The maximum Gasteiger partial charge on any atom is 0.255 e. The minimum absolute atomic E-state index is 0.107. The van der Waals surface area contributed by atoms with Gasteiger partial charge in [0.1, 0.15) is 5.52 Å². The van der Waals surface area contributed by atoms with Crippen LogP contribution in [0.5, 0.6) is 0 Å². The van der Waals surface area contributed by atoms with Crippen molar-refractivity contribution in [2.75, 3.05) is 5.32 Å². The second-order valence-corrected chi connectivity index (χ2v) is 6.45. The van der Waals surface area contributed by atoms with Crippen molar-refractivity contribution in [3.05, 3.63) is 95.4 Å². The Labute approximate surface area is 157 Å². The maximum atomic E-state index is 12.4. The molecule has 4 nitrogen and oxygen atoms in total. The minimum atomic E-state index is -0.107. The number of carbonyl (C=O) groups is 1. The lowest BCUT2D eigenvalue weighted by molar-refractivity contribution is 0.102. The molecular formula is C23H20N2O2. The van der Waals surface area contributed by atoms with Gasteiger partial charge in [-0.3, -0.25) is 4.79 Å². The first kappa shape index (κ1) is 17.0. The molecule has 3 aromatic carbocycles. The van der Waals surface area contributed by atoms with Crippen molar-refractivity contribution >= 4 is 22.7 Å². The molecule has 0 bridgehead atoms. The first-order chi connectivity index (χ1) is 13.2. The molecule has 4 rings (SSSR count). The number of carbonyl (C=O) groups excluding carboxylic acids is 1. The number of aryl methyl sites for hydroxylation is 1. The molecule has 1 heterocycles. The van der Waals surface area contributed by atoms with E-state index in [1.807, 2.05) is 72.8 Å². The normalized spacial score (nSPS) is 10.9. The van der Waals surface area contributed by atoms with Crippen LogP contribution in [-0.2, 0) is 12.8 Å². The van der Waals surface area contributed by atoms with Crippen molar-refractivity contribution in [3.8, 4) is 0 Å². The second-order valence-electron chi connectivity index (χ2n) is 6.45. The number of oxazole rings is 1. The van der Waals surface area contributed by atoms with Crippen molar-refractivity contribution in [3.63, 3.8) is 0 Å². The number of para-hydroxylation sites is 2. The Balaban J connectivity index is 1.42. The molecule has 0 unspecified atom stereocenters.